The van der Waals surface area contributed by atoms with Crippen molar-refractivity contribution < 1.29 is 0 Å². The lowest BCUT2D eigenvalue weighted by Gasteiger charge is -2.20. The SMILES string of the molecule is CN(C)C(=N)Cc1ccc2c(c1)Nc1nccnc1S2.Cl. The zero-order valence-electron chi connectivity index (χ0n) is 11.8. The van der Waals surface area contributed by atoms with Gasteiger partial charge in [-0.3, -0.25) is 5.41 Å². The van der Waals surface area contributed by atoms with E-state index in [4.69, 9.17) is 5.41 Å². The topological polar surface area (TPSA) is 64.9 Å². The van der Waals surface area contributed by atoms with E-state index in [9.17, 15) is 0 Å². The summed E-state index contributed by atoms with van der Waals surface area (Å²) >= 11 is 1.62. The average Bonchev–Trinajstić information content (AvgIpc) is 2.45. The van der Waals surface area contributed by atoms with Gasteiger partial charge in [-0.05, 0) is 17.7 Å². The molecule has 110 valence electrons. The van der Waals surface area contributed by atoms with E-state index in [1.165, 1.54) is 0 Å². The zero-order chi connectivity index (χ0) is 14.1. The fourth-order valence-electron chi connectivity index (χ4n) is 1.94. The smallest absolute Gasteiger partial charge is 0.163 e. The lowest BCUT2D eigenvalue weighted by molar-refractivity contribution is 0.605. The Morgan fingerprint density at radius 2 is 2.05 bits per heavy atom. The van der Waals surface area contributed by atoms with E-state index < -0.39 is 0 Å². The van der Waals surface area contributed by atoms with Crippen molar-refractivity contribution in [1.82, 2.24) is 14.9 Å². The predicted molar refractivity (Wildman–Crippen MR) is 88.2 cm³/mol. The van der Waals surface area contributed by atoms with Crippen LogP contribution in [-0.2, 0) is 6.42 Å². The molecule has 0 atom stereocenters. The third kappa shape index (κ3) is 3.28. The van der Waals surface area contributed by atoms with Crippen molar-refractivity contribution in [3.05, 3.63) is 36.2 Å². The van der Waals surface area contributed by atoms with Crippen molar-refractivity contribution >= 4 is 41.5 Å². The van der Waals surface area contributed by atoms with E-state index in [2.05, 4.69) is 33.5 Å². The van der Waals surface area contributed by atoms with Crippen LogP contribution in [0.3, 0.4) is 0 Å². The molecule has 1 aliphatic rings. The summed E-state index contributed by atoms with van der Waals surface area (Å²) in [5.74, 6) is 1.39. The lowest BCUT2D eigenvalue weighted by Crippen LogP contribution is -2.22. The Morgan fingerprint density at radius 1 is 1.29 bits per heavy atom. The molecule has 2 N–H and O–H groups in total. The monoisotopic (exact) mass is 321 g/mol. The van der Waals surface area contributed by atoms with Gasteiger partial charge in [-0.2, -0.15) is 0 Å². The number of nitrogens with one attached hydrogen (secondary N) is 2. The van der Waals surface area contributed by atoms with Crippen molar-refractivity contribution in [3.8, 4) is 0 Å². The van der Waals surface area contributed by atoms with Gasteiger partial charge in [-0.1, -0.05) is 17.8 Å². The molecule has 1 aromatic heterocycles. The highest BCUT2D eigenvalue weighted by atomic mass is 35.5. The highest BCUT2D eigenvalue weighted by molar-refractivity contribution is 7.99. The second-order valence-electron chi connectivity index (χ2n) is 4.79. The molecule has 21 heavy (non-hydrogen) atoms. The van der Waals surface area contributed by atoms with Gasteiger partial charge in [0.15, 0.2) is 5.82 Å². The molecule has 7 heteroatoms. The number of aromatic nitrogens is 2. The number of nitrogens with zero attached hydrogens (tertiary/aromatic N) is 3. The standard InChI is InChI=1S/C14H15N5S.ClH/c1-19(2)12(15)8-9-3-4-11-10(7-9)18-13-14(20-11)17-6-5-16-13;/h3-7,15H,8H2,1-2H3,(H,16,18);1H. The van der Waals surface area contributed by atoms with E-state index in [1.807, 2.05) is 19.0 Å². The highest BCUT2D eigenvalue weighted by Crippen LogP contribution is 2.41. The normalized spacial score (nSPS) is 11.5. The minimum atomic E-state index is 0. The van der Waals surface area contributed by atoms with Gasteiger partial charge in [-0.15, -0.1) is 12.4 Å². The molecular weight excluding hydrogens is 306 g/mol. The van der Waals surface area contributed by atoms with E-state index in [-0.39, 0.29) is 12.4 Å². The Kier molecular flexibility index (Phi) is 4.69. The van der Waals surface area contributed by atoms with Gasteiger partial charge >= 0.3 is 0 Å². The Bertz CT molecular complexity index is 674. The summed E-state index contributed by atoms with van der Waals surface area (Å²) in [6.45, 7) is 0. The maximum atomic E-state index is 7.92. The van der Waals surface area contributed by atoms with Crippen molar-refractivity contribution in [2.45, 2.75) is 16.3 Å². The zero-order valence-corrected chi connectivity index (χ0v) is 13.4. The average molecular weight is 322 g/mol. The van der Waals surface area contributed by atoms with E-state index in [0.29, 0.717) is 12.3 Å². The molecule has 0 unspecified atom stereocenters. The quantitative estimate of drug-likeness (QED) is 0.560. The third-order valence-corrected chi connectivity index (χ3v) is 4.15. The van der Waals surface area contributed by atoms with Crippen LogP contribution in [-0.4, -0.2) is 34.8 Å². The Hall–Kier alpha value is -1.79. The number of hydrogen-bond donors (Lipinski definition) is 2. The van der Waals surface area contributed by atoms with Crippen molar-refractivity contribution in [2.24, 2.45) is 0 Å². The number of hydrogen-bond acceptors (Lipinski definition) is 5. The van der Waals surface area contributed by atoms with Crippen LogP contribution < -0.4 is 5.32 Å². The first-order valence-corrected chi connectivity index (χ1v) is 7.08. The Balaban J connectivity index is 0.00000161. The van der Waals surface area contributed by atoms with Crippen LogP contribution in [0.25, 0.3) is 0 Å². The molecule has 0 spiro atoms. The molecule has 2 aromatic rings. The van der Waals surface area contributed by atoms with Crippen LogP contribution >= 0.6 is 24.2 Å². The van der Waals surface area contributed by atoms with Crippen molar-refractivity contribution in [1.29, 1.82) is 5.41 Å². The summed E-state index contributed by atoms with van der Waals surface area (Å²) < 4.78 is 0. The van der Waals surface area contributed by atoms with Gasteiger partial charge in [0, 0.05) is 37.8 Å². The summed E-state index contributed by atoms with van der Waals surface area (Å²) in [6.07, 6.45) is 4.01. The fraction of sp³-hybridized carbons (Fsp3) is 0.214. The summed E-state index contributed by atoms with van der Waals surface area (Å²) in [5, 5.41) is 12.1. The van der Waals surface area contributed by atoms with Crippen LogP contribution in [0.2, 0.25) is 0 Å². The van der Waals surface area contributed by atoms with Gasteiger partial charge in [0.05, 0.1) is 11.5 Å². The van der Waals surface area contributed by atoms with Crippen LogP contribution in [0.15, 0.2) is 40.5 Å². The summed E-state index contributed by atoms with van der Waals surface area (Å²) in [6, 6.07) is 6.22. The van der Waals surface area contributed by atoms with Crippen LogP contribution in [0.1, 0.15) is 5.56 Å². The lowest BCUT2D eigenvalue weighted by atomic mass is 10.1. The second kappa shape index (κ2) is 6.32. The number of fused-ring (bicyclic) bond motifs is 2. The van der Waals surface area contributed by atoms with Gasteiger partial charge in [0.2, 0.25) is 0 Å². The molecule has 3 rings (SSSR count). The molecule has 0 saturated carbocycles. The first-order valence-electron chi connectivity index (χ1n) is 6.27. The molecular formula is C14H16ClN5S. The van der Waals surface area contributed by atoms with Crippen LogP contribution in [0.4, 0.5) is 11.5 Å². The molecule has 1 aliphatic heterocycles. The van der Waals surface area contributed by atoms with Crippen molar-refractivity contribution in [3.63, 3.8) is 0 Å². The third-order valence-electron chi connectivity index (χ3n) is 3.08. The molecule has 0 radical (unpaired) electrons. The number of halogens is 1. The van der Waals surface area contributed by atoms with Gasteiger partial charge in [0.1, 0.15) is 5.03 Å². The molecule has 0 aliphatic carbocycles. The van der Waals surface area contributed by atoms with Gasteiger partial charge in [0.25, 0.3) is 0 Å². The number of likely N-dealkylation sites (N-methyl/N-ethyl adjacent to an activating group) is 1. The second-order valence-corrected chi connectivity index (χ2v) is 5.82. The predicted octanol–water partition coefficient (Wildman–Crippen LogP) is 3.19. The minimum absolute atomic E-state index is 0. The molecule has 0 fully saturated rings. The van der Waals surface area contributed by atoms with Gasteiger partial charge < -0.3 is 10.2 Å². The minimum Gasteiger partial charge on any atom is -0.366 e. The molecule has 5 nitrogen and oxygen atoms in total. The maximum absolute atomic E-state index is 7.92. The summed E-state index contributed by atoms with van der Waals surface area (Å²) in [4.78, 5) is 11.6. The molecule has 0 saturated heterocycles. The highest BCUT2D eigenvalue weighted by Gasteiger charge is 2.17. The summed E-state index contributed by atoms with van der Waals surface area (Å²) in [7, 11) is 3.78. The number of benzene rings is 1. The molecule has 0 bridgehead atoms. The molecule has 1 aromatic carbocycles. The number of amidine groups is 1. The van der Waals surface area contributed by atoms with Crippen molar-refractivity contribution in [2.75, 3.05) is 19.4 Å². The maximum Gasteiger partial charge on any atom is 0.163 e. The van der Waals surface area contributed by atoms with Crippen LogP contribution in [0, 0.1) is 5.41 Å². The van der Waals surface area contributed by atoms with E-state index >= 15 is 0 Å². The van der Waals surface area contributed by atoms with E-state index in [0.717, 1.165) is 27.0 Å². The number of anilines is 2. The van der Waals surface area contributed by atoms with Crippen LogP contribution in [0.5, 0.6) is 0 Å². The molecule has 2 heterocycles. The van der Waals surface area contributed by atoms with E-state index in [1.54, 1.807) is 24.2 Å². The van der Waals surface area contributed by atoms with Gasteiger partial charge in [-0.25, -0.2) is 9.97 Å². The number of rotatable bonds is 2. The molecule has 0 amide bonds. The first-order chi connectivity index (χ1) is 9.63. The fourth-order valence-corrected chi connectivity index (χ4v) is 2.82. The largest absolute Gasteiger partial charge is 0.366 e. The first kappa shape index (κ1) is 15.6. The Labute approximate surface area is 134 Å². The Morgan fingerprint density at radius 3 is 2.81 bits per heavy atom. The summed E-state index contributed by atoms with van der Waals surface area (Å²) in [5.41, 5.74) is 2.15.